The maximum atomic E-state index is 11.8. The number of nitrogens with one attached hydrogen (secondary N) is 1. The lowest BCUT2D eigenvalue weighted by molar-refractivity contribution is -0.149. The summed E-state index contributed by atoms with van der Waals surface area (Å²) in [5.41, 5.74) is 2.13. The van der Waals surface area contributed by atoms with Gasteiger partial charge in [-0.15, -0.1) is 11.8 Å². The molecule has 1 fully saturated rings. The van der Waals surface area contributed by atoms with Crippen LogP contribution in [-0.4, -0.2) is 46.3 Å². The summed E-state index contributed by atoms with van der Waals surface area (Å²) in [7, 11) is 0. The molecule has 25 heavy (non-hydrogen) atoms. The summed E-state index contributed by atoms with van der Waals surface area (Å²) in [5, 5.41) is 0. The molecule has 2 heterocycles. The van der Waals surface area contributed by atoms with Gasteiger partial charge in [-0.05, 0) is 63.2 Å². The Balaban J connectivity index is 1.57. The number of ether oxygens (including phenoxy) is 1. The third kappa shape index (κ3) is 4.76. The zero-order chi connectivity index (χ0) is 17.6. The van der Waals surface area contributed by atoms with E-state index >= 15 is 0 Å². The zero-order valence-corrected chi connectivity index (χ0v) is 15.9. The molecule has 0 aliphatic carbocycles. The van der Waals surface area contributed by atoms with Crippen molar-refractivity contribution in [1.82, 2.24) is 14.9 Å². The highest BCUT2D eigenvalue weighted by molar-refractivity contribution is 7.99. The van der Waals surface area contributed by atoms with Gasteiger partial charge >= 0.3 is 5.97 Å². The number of esters is 1. The van der Waals surface area contributed by atoms with E-state index in [2.05, 4.69) is 35.0 Å². The number of aromatic amines is 1. The first-order valence-corrected chi connectivity index (χ1v) is 10.2. The van der Waals surface area contributed by atoms with Crippen LogP contribution in [0.15, 0.2) is 23.1 Å². The van der Waals surface area contributed by atoms with E-state index in [-0.39, 0.29) is 11.9 Å². The molecule has 1 aromatic carbocycles. The van der Waals surface area contributed by atoms with Crippen LogP contribution in [0.25, 0.3) is 11.0 Å². The summed E-state index contributed by atoms with van der Waals surface area (Å²) in [6.45, 7) is 7.17. The molecular weight excluding hydrogens is 334 g/mol. The van der Waals surface area contributed by atoms with E-state index in [0.717, 1.165) is 55.1 Å². The fraction of sp³-hybridized carbons (Fsp3) is 0.579. The van der Waals surface area contributed by atoms with E-state index < -0.39 is 0 Å². The van der Waals surface area contributed by atoms with Crippen LogP contribution in [0.1, 0.15) is 38.9 Å². The van der Waals surface area contributed by atoms with Gasteiger partial charge in [0.05, 0.1) is 30.1 Å². The first-order valence-electron chi connectivity index (χ1n) is 9.20. The van der Waals surface area contributed by atoms with E-state index in [9.17, 15) is 4.79 Å². The van der Waals surface area contributed by atoms with Crippen molar-refractivity contribution in [3.8, 4) is 0 Å². The fourth-order valence-electron chi connectivity index (χ4n) is 3.22. The second kappa shape index (κ2) is 8.72. The third-order valence-corrected chi connectivity index (χ3v) is 5.76. The molecule has 1 aromatic heterocycles. The summed E-state index contributed by atoms with van der Waals surface area (Å²) in [6.07, 6.45) is 2.92. The number of hydrogen-bond donors (Lipinski definition) is 1. The SMILES string of the molecule is CCCSc1ccc2nc(CN3CCC(C(=O)OCC)CC3)[nH]c2c1. The molecule has 5 nitrogen and oxygen atoms in total. The molecule has 0 spiro atoms. The van der Waals surface area contributed by atoms with Crippen LogP contribution < -0.4 is 0 Å². The largest absolute Gasteiger partial charge is 0.466 e. The fourth-order valence-corrected chi connectivity index (χ4v) is 4.03. The van der Waals surface area contributed by atoms with Crippen molar-refractivity contribution in [3.05, 3.63) is 24.0 Å². The molecule has 1 N–H and O–H groups in total. The predicted molar refractivity (Wildman–Crippen MR) is 102 cm³/mol. The van der Waals surface area contributed by atoms with Gasteiger partial charge in [0.1, 0.15) is 5.82 Å². The average Bonchev–Trinajstić information content (AvgIpc) is 3.02. The second-order valence-corrected chi connectivity index (χ2v) is 7.68. The number of nitrogens with zero attached hydrogens (tertiary/aromatic N) is 2. The summed E-state index contributed by atoms with van der Waals surface area (Å²) in [5.74, 6) is 2.16. The number of likely N-dealkylation sites (tertiary alicyclic amines) is 1. The first kappa shape index (κ1) is 18.3. The van der Waals surface area contributed by atoms with Crippen molar-refractivity contribution in [1.29, 1.82) is 0 Å². The van der Waals surface area contributed by atoms with Gasteiger partial charge in [-0.1, -0.05) is 6.92 Å². The maximum absolute atomic E-state index is 11.8. The molecule has 3 rings (SSSR count). The molecule has 0 radical (unpaired) electrons. The molecule has 1 aliphatic heterocycles. The minimum Gasteiger partial charge on any atom is -0.466 e. The van der Waals surface area contributed by atoms with Crippen LogP contribution >= 0.6 is 11.8 Å². The Bertz CT molecular complexity index is 708. The number of H-pyrrole nitrogens is 1. The Morgan fingerprint density at radius 3 is 2.88 bits per heavy atom. The van der Waals surface area contributed by atoms with Gasteiger partial charge in [-0.2, -0.15) is 0 Å². The Labute approximate surface area is 153 Å². The van der Waals surface area contributed by atoms with Crippen LogP contribution in [0, 0.1) is 5.92 Å². The normalized spacial score (nSPS) is 16.4. The molecule has 0 saturated carbocycles. The van der Waals surface area contributed by atoms with Crippen LogP contribution in [-0.2, 0) is 16.1 Å². The summed E-state index contributed by atoms with van der Waals surface area (Å²) in [6, 6.07) is 6.44. The topological polar surface area (TPSA) is 58.2 Å². The van der Waals surface area contributed by atoms with Gasteiger partial charge in [0, 0.05) is 4.90 Å². The van der Waals surface area contributed by atoms with Gasteiger partial charge in [-0.3, -0.25) is 9.69 Å². The smallest absolute Gasteiger partial charge is 0.309 e. The number of benzene rings is 1. The van der Waals surface area contributed by atoms with E-state index in [0.29, 0.717) is 6.61 Å². The predicted octanol–water partition coefficient (Wildman–Crippen LogP) is 3.84. The van der Waals surface area contributed by atoms with Crippen molar-refractivity contribution in [2.24, 2.45) is 5.92 Å². The van der Waals surface area contributed by atoms with Gasteiger partial charge in [0.25, 0.3) is 0 Å². The number of aromatic nitrogens is 2. The number of rotatable bonds is 7. The Morgan fingerprint density at radius 1 is 1.36 bits per heavy atom. The molecule has 0 amide bonds. The number of carbonyl (C=O) groups is 1. The minimum atomic E-state index is -0.0389. The van der Waals surface area contributed by atoms with Gasteiger partial charge in [0.2, 0.25) is 0 Å². The van der Waals surface area contributed by atoms with Crippen molar-refractivity contribution >= 4 is 28.8 Å². The molecule has 136 valence electrons. The van der Waals surface area contributed by atoms with Crippen molar-refractivity contribution in [2.75, 3.05) is 25.4 Å². The number of thioether (sulfide) groups is 1. The third-order valence-electron chi connectivity index (χ3n) is 4.56. The van der Waals surface area contributed by atoms with E-state index in [1.54, 1.807) is 0 Å². The standard InChI is InChI=1S/C19H27N3O2S/c1-3-11-25-15-5-6-16-17(12-15)21-18(20-16)13-22-9-7-14(8-10-22)19(23)24-4-2/h5-6,12,14H,3-4,7-11,13H2,1-2H3,(H,20,21). The quantitative estimate of drug-likeness (QED) is 0.600. The summed E-state index contributed by atoms with van der Waals surface area (Å²) >= 11 is 1.89. The molecule has 0 bridgehead atoms. The van der Waals surface area contributed by atoms with E-state index in [1.165, 1.54) is 11.3 Å². The summed E-state index contributed by atoms with van der Waals surface area (Å²) in [4.78, 5) is 23.6. The molecule has 2 aromatic rings. The van der Waals surface area contributed by atoms with Crippen LogP contribution in [0.2, 0.25) is 0 Å². The van der Waals surface area contributed by atoms with Gasteiger partial charge in [-0.25, -0.2) is 4.98 Å². The Hall–Kier alpha value is -1.53. The van der Waals surface area contributed by atoms with Gasteiger partial charge < -0.3 is 9.72 Å². The number of imidazole rings is 1. The number of carbonyl (C=O) groups excluding carboxylic acids is 1. The summed E-state index contributed by atoms with van der Waals surface area (Å²) < 4.78 is 5.14. The molecule has 0 atom stereocenters. The molecular formula is C19H27N3O2S. The number of fused-ring (bicyclic) bond motifs is 1. The lowest BCUT2D eigenvalue weighted by Gasteiger charge is -2.30. The zero-order valence-electron chi connectivity index (χ0n) is 15.1. The minimum absolute atomic E-state index is 0.0389. The highest BCUT2D eigenvalue weighted by Gasteiger charge is 2.26. The van der Waals surface area contributed by atoms with Crippen LogP contribution in [0.3, 0.4) is 0 Å². The second-order valence-electron chi connectivity index (χ2n) is 6.51. The van der Waals surface area contributed by atoms with Crippen LogP contribution in [0.4, 0.5) is 0 Å². The van der Waals surface area contributed by atoms with Crippen molar-refractivity contribution in [2.45, 2.75) is 44.6 Å². The maximum Gasteiger partial charge on any atom is 0.309 e. The van der Waals surface area contributed by atoms with E-state index in [1.807, 2.05) is 18.7 Å². The molecule has 0 unspecified atom stereocenters. The number of hydrogen-bond acceptors (Lipinski definition) is 5. The Morgan fingerprint density at radius 2 is 2.16 bits per heavy atom. The molecule has 1 aliphatic rings. The average molecular weight is 362 g/mol. The lowest BCUT2D eigenvalue weighted by Crippen LogP contribution is -2.36. The lowest BCUT2D eigenvalue weighted by atomic mass is 9.97. The van der Waals surface area contributed by atoms with Crippen molar-refractivity contribution < 1.29 is 9.53 Å². The molecule has 6 heteroatoms. The highest BCUT2D eigenvalue weighted by Crippen LogP contribution is 2.24. The highest BCUT2D eigenvalue weighted by atomic mass is 32.2. The molecule has 1 saturated heterocycles. The van der Waals surface area contributed by atoms with Crippen molar-refractivity contribution in [3.63, 3.8) is 0 Å². The van der Waals surface area contributed by atoms with Crippen LogP contribution in [0.5, 0.6) is 0 Å². The monoisotopic (exact) mass is 361 g/mol. The Kier molecular flexibility index (Phi) is 6.37. The number of piperidine rings is 1. The van der Waals surface area contributed by atoms with E-state index in [4.69, 9.17) is 9.72 Å². The van der Waals surface area contributed by atoms with Gasteiger partial charge in [0.15, 0.2) is 0 Å². The first-order chi connectivity index (χ1) is 12.2.